The van der Waals surface area contributed by atoms with Gasteiger partial charge in [0, 0.05) is 16.8 Å². The molecule has 0 radical (unpaired) electrons. The number of hydrogen-bond donors (Lipinski definition) is 1. The number of rotatable bonds is 3. The summed E-state index contributed by atoms with van der Waals surface area (Å²) in [6.07, 6.45) is 7.07. The standard InChI is InChI=1S/C15H13NO.C6H8.C2H6/c1-17-15-9-7-12(8-10-15)5-6-13-3-2-4-14(16)11-13;1-3-5-6-4-2;1-2/h2-4,7-11H,16H2,1H3;3-6H,1-2H2;1-2H3/b;6-5-;. The zero-order valence-corrected chi connectivity index (χ0v) is 15.3. The highest BCUT2D eigenvalue weighted by molar-refractivity contribution is 5.50. The summed E-state index contributed by atoms with van der Waals surface area (Å²) in [4.78, 5) is 0. The van der Waals surface area contributed by atoms with Crippen molar-refractivity contribution >= 4 is 5.69 Å². The second-order valence-corrected chi connectivity index (χ2v) is 4.46. The van der Waals surface area contributed by atoms with Crippen LogP contribution in [0.2, 0.25) is 0 Å². The number of nitrogen functional groups attached to an aromatic ring is 1. The summed E-state index contributed by atoms with van der Waals surface area (Å²) >= 11 is 0. The number of hydrogen-bond acceptors (Lipinski definition) is 2. The minimum Gasteiger partial charge on any atom is -0.497 e. The Hall–Kier alpha value is -3.18. The zero-order chi connectivity index (χ0) is 18.9. The van der Waals surface area contributed by atoms with Crippen LogP contribution in [0.4, 0.5) is 5.69 Å². The van der Waals surface area contributed by atoms with Gasteiger partial charge in [0.15, 0.2) is 0 Å². The molecule has 0 heterocycles. The molecular formula is C23H27NO. The Balaban J connectivity index is 0.000000614. The highest BCUT2D eigenvalue weighted by Gasteiger charge is 1.91. The van der Waals surface area contributed by atoms with Gasteiger partial charge in [-0.25, -0.2) is 0 Å². The van der Waals surface area contributed by atoms with Crippen LogP contribution in [-0.4, -0.2) is 7.11 Å². The first-order valence-corrected chi connectivity index (χ1v) is 8.11. The second-order valence-electron chi connectivity index (χ2n) is 4.46. The van der Waals surface area contributed by atoms with Crippen molar-refractivity contribution in [2.45, 2.75) is 13.8 Å². The minimum atomic E-state index is 0.728. The molecule has 2 heteroatoms. The van der Waals surface area contributed by atoms with Gasteiger partial charge in [0.05, 0.1) is 7.11 Å². The zero-order valence-electron chi connectivity index (χ0n) is 15.3. The van der Waals surface area contributed by atoms with Gasteiger partial charge in [-0.15, -0.1) is 0 Å². The van der Waals surface area contributed by atoms with Crippen molar-refractivity contribution in [2.75, 3.05) is 12.8 Å². The lowest BCUT2D eigenvalue weighted by Crippen LogP contribution is -1.84. The third-order valence-corrected chi connectivity index (χ3v) is 2.71. The molecule has 0 atom stereocenters. The van der Waals surface area contributed by atoms with Gasteiger partial charge in [0.1, 0.15) is 5.75 Å². The predicted octanol–water partition coefficient (Wildman–Crippen LogP) is 5.62. The van der Waals surface area contributed by atoms with Crippen molar-refractivity contribution in [3.63, 3.8) is 0 Å². The smallest absolute Gasteiger partial charge is 0.118 e. The van der Waals surface area contributed by atoms with Crippen molar-refractivity contribution < 1.29 is 4.74 Å². The number of nitrogens with two attached hydrogens (primary N) is 1. The third kappa shape index (κ3) is 10.3. The van der Waals surface area contributed by atoms with E-state index in [1.54, 1.807) is 19.3 Å². The first-order chi connectivity index (χ1) is 12.2. The van der Waals surface area contributed by atoms with E-state index >= 15 is 0 Å². The highest BCUT2D eigenvalue weighted by Crippen LogP contribution is 2.10. The fourth-order valence-corrected chi connectivity index (χ4v) is 1.59. The average Bonchev–Trinajstić information content (AvgIpc) is 2.67. The number of ether oxygens (including phenoxy) is 1. The Bertz CT molecular complexity index is 706. The molecule has 0 bridgehead atoms. The number of allylic oxidation sites excluding steroid dienone is 4. The van der Waals surface area contributed by atoms with Crippen molar-refractivity contribution in [1.29, 1.82) is 0 Å². The maximum absolute atomic E-state index is 5.68. The first kappa shape index (κ1) is 21.8. The summed E-state index contributed by atoms with van der Waals surface area (Å²) in [6, 6.07) is 15.2. The van der Waals surface area contributed by atoms with E-state index < -0.39 is 0 Å². The molecule has 2 rings (SSSR count). The van der Waals surface area contributed by atoms with Gasteiger partial charge in [0.2, 0.25) is 0 Å². The Kier molecular flexibility index (Phi) is 12.6. The molecule has 0 aliphatic rings. The number of anilines is 1. The van der Waals surface area contributed by atoms with E-state index in [1.165, 1.54) is 0 Å². The fraction of sp³-hybridized carbons (Fsp3) is 0.130. The van der Waals surface area contributed by atoms with Gasteiger partial charge in [-0.1, -0.05) is 69.2 Å². The topological polar surface area (TPSA) is 35.2 Å². The molecule has 2 nitrogen and oxygen atoms in total. The van der Waals surface area contributed by atoms with Crippen molar-refractivity contribution in [3.05, 3.63) is 97.1 Å². The van der Waals surface area contributed by atoms with Crippen LogP contribution in [-0.2, 0) is 0 Å². The van der Waals surface area contributed by atoms with Gasteiger partial charge in [-0.05, 0) is 42.5 Å². The van der Waals surface area contributed by atoms with E-state index in [9.17, 15) is 0 Å². The van der Waals surface area contributed by atoms with Crippen LogP contribution in [0.3, 0.4) is 0 Å². The van der Waals surface area contributed by atoms with Gasteiger partial charge in [0.25, 0.3) is 0 Å². The summed E-state index contributed by atoms with van der Waals surface area (Å²) < 4.78 is 5.08. The minimum absolute atomic E-state index is 0.728. The lowest BCUT2D eigenvalue weighted by Gasteiger charge is -1.97. The average molecular weight is 333 g/mol. The molecule has 2 N–H and O–H groups in total. The molecule has 0 aliphatic carbocycles. The Labute approximate surface area is 152 Å². The van der Waals surface area contributed by atoms with Crippen LogP contribution in [0, 0.1) is 11.8 Å². The van der Waals surface area contributed by atoms with Crippen LogP contribution >= 0.6 is 0 Å². The molecule has 130 valence electrons. The van der Waals surface area contributed by atoms with Gasteiger partial charge in [-0.2, -0.15) is 0 Å². The Morgan fingerprint density at radius 3 is 1.92 bits per heavy atom. The predicted molar refractivity (Wildman–Crippen MR) is 111 cm³/mol. The van der Waals surface area contributed by atoms with E-state index in [2.05, 4.69) is 25.0 Å². The van der Waals surface area contributed by atoms with Crippen LogP contribution in [0.1, 0.15) is 25.0 Å². The summed E-state index contributed by atoms with van der Waals surface area (Å²) in [5, 5.41) is 0. The van der Waals surface area contributed by atoms with Crippen LogP contribution in [0.25, 0.3) is 0 Å². The van der Waals surface area contributed by atoms with Crippen molar-refractivity contribution in [1.82, 2.24) is 0 Å². The summed E-state index contributed by atoms with van der Waals surface area (Å²) in [5.41, 5.74) is 8.28. The van der Waals surface area contributed by atoms with E-state index in [-0.39, 0.29) is 0 Å². The summed E-state index contributed by atoms with van der Waals surface area (Å²) in [7, 11) is 1.65. The third-order valence-electron chi connectivity index (χ3n) is 2.71. The molecule has 0 aliphatic heterocycles. The highest BCUT2D eigenvalue weighted by atomic mass is 16.5. The number of benzene rings is 2. The molecule has 0 amide bonds. The lowest BCUT2D eigenvalue weighted by molar-refractivity contribution is 0.415. The van der Waals surface area contributed by atoms with Crippen LogP contribution in [0.5, 0.6) is 5.75 Å². The molecule has 0 saturated heterocycles. The van der Waals surface area contributed by atoms with Crippen molar-refractivity contribution in [2.24, 2.45) is 0 Å². The van der Waals surface area contributed by atoms with Crippen LogP contribution < -0.4 is 10.5 Å². The molecule has 2 aromatic rings. The molecule has 0 fully saturated rings. The van der Waals surface area contributed by atoms with E-state index in [0.29, 0.717) is 0 Å². The molecule has 2 aromatic carbocycles. The maximum Gasteiger partial charge on any atom is 0.118 e. The largest absolute Gasteiger partial charge is 0.497 e. The Morgan fingerprint density at radius 1 is 0.880 bits per heavy atom. The molecule has 25 heavy (non-hydrogen) atoms. The van der Waals surface area contributed by atoms with E-state index in [4.69, 9.17) is 10.5 Å². The van der Waals surface area contributed by atoms with Gasteiger partial charge in [-0.3, -0.25) is 0 Å². The number of methoxy groups -OCH3 is 1. The molecule has 0 spiro atoms. The summed E-state index contributed by atoms with van der Waals surface area (Å²) in [5.74, 6) is 6.98. The monoisotopic (exact) mass is 333 g/mol. The second kappa shape index (κ2) is 14.4. The van der Waals surface area contributed by atoms with Crippen molar-refractivity contribution in [3.8, 4) is 17.6 Å². The van der Waals surface area contributed by atoms with Gasteiger partial charge < -0.3 is 10.5 Å². The van der Waals surface area contributed by atoms with E-state index in [1.807, 2.05) is 74.5 Å². The molecule has 0 unspecified atom stereocenters. The molecular weight excluding hydrogens is 306 g/mol. The first-order valence-electron chi connectivity index (χ1n) is 8.11. The molecule has 0 aromatic heterocycles. The lowest BCUT2D eigenvalue weighted by atomic mass is 10.1. The normalized spacial score (nSPS) is 8.60. The Morgan fingerprint density at radius 2 is 1.44 bits per heavy atom. The molecule has 0 saturated carbocycles. The summed E-state index contributed by atoms with van der Waals surface area (Å²) in [6.45, 7) is 10.9. The quantitative estimate of drug-likeness (QED) is 0.449. The fourth-order valence-electron chi connectivity index (χ4n) is 1.59. The van der Waals surface area contributed by atoms with Crippen LogP contribution in [0.15, 0.2) is 86.0 Å². The van der Waals surface area contributed by atoms with Gasteiger partial charge >= 0.3 is 0 Å². The maximum atomic E-state index is 5.68. The SMILES string of the molecule is C=C/C=C\C=C.CC.COc1ccc(C#Cc2cccc(N)c2)cc1. The van der Waals surface area contributed by atoms with E-state index in [0.717, 1.165) is 22.6 Å².